The van der Waals surface area contributed by atoms with E-state index in [4.69, 9.17) is 24.3 Å². The van der Waals surface area contributed by atoms with Gasteiger partial charge in [-0.15, -0.1) is 0 Å². The molecule has 0 aliphatic rings. The SMILES string of the molecule is COCC(O)COCCN(CP(=O)(O)O)CP(=O)(O)O. The van der Waals surface area contributed by atoms with E-state index in [1.165, 1.54) is 7.11 Å². The van der Waals surface area contributed by atoms with Crippen LogP contribution in [0.2, 0.25) is 0 Å². The molecule has 12 heteroatoms. The number of hydrogen-bond acceptors (Lipinski definition) is 6. The van der Waals surface area contributed by atoms with Gasteiger partial charge in [0.15, 0.2) is 0 Å². The molecule has 122 valence electrons. The zero-order chi connectivity index (χ0) is 15.8. The van der Waals surface area contributed by atoms with E-state index in [1.807, 2.05) is 0 Å². The third-order valence-corrected chi connectivity index (χ3v) is 3.53. The van der Waals surface area contributed by atoms with Gasteiger partial charge in [-0.3, -0.25) is 14.0 Å². The molecule has 0 heterocycles. The molecule has 0 aromatic carbocycles. The van der Waals surface area contributed by atoms with Crippen molar-refractivity contribution in [3.63, 3.8) is 0 Å². The zero-order valence-corrected chi connectivity index (χ0v) is 12.8. The van der Waals surface area contributed by atoms with Crippen LogP contribution in [0.25, 0.3) is 0 Å². The molecule has 1 atom stereocenters. The predicted octanol–water partition coefficient (Wildman–Crippen LogP) is -1.42. The average molecular weight is 337 g/mol. The maximum Gasteiger partial charge on any atom is 0.339 e. The minimum Gasteiger partial charge on any atom is -0.388 e. The lowest BCUT2D eigenvalue weighted by atomic mass is 10.4. The van der Waals surface area contributed by atoms with Crippen LogP contribution in [0.5, 0.6) is 0 Å². The molecule has 0 amide bonds. The summed E-state index contributed by atoms with van der Waals surface area (Å²) in [6.45, 7) is -0.0983. The second kappa shape index (κ2) is 9.22. The Morgan fingerprint density at radius 2 is 1.55 bits per heavy atom. The fraction of sp³-hybridized carbons (Fsp3) is 1.00. The second-order valence-electron chi connectivity index (χ2n) is 4.19. The van der Waals surface area contributed by atoms with Crippen molar-refractivity contribution in [3.8, 4) is 0 Å². The third kappa shape index (κ3) is 13.1. The number of methoxy groups -OCH3 is 1. The Labute approximate surface area is 116 Å². The third-order valence-electron chi connectivity index (χ3n) is 1.99. The molecule has 0 saturated carbocycles. The monoisotopic (exact) mass is 337 g/mol. The Morgan fingerprint density at radius 1 is 1.05 bits per heavy atom. The van der Waals surface area contributed by atoms with E-state index in [0.717, 1.165) is 4.90 Å². The minimum atomic E-state index is -4.43. The fourth-order valence-corrected chi connectivity index (χ4v) is 3.04. The summed E-state index contributed by atoms with van der Waals surface area (Å²) < 4.78 is 31.4. The Hall–Kier alpha value is 0.140. The zero-order valence-electron chi connectivity index (χ0n) is 11.0. The summed E-state index contributed by atoms with van der Waals surface area (Å²) in [5.41, 5.74) is 0. The maximum atomic E-state index is 10.9. The fourth-order valence-electron chi connectivity index (χ4n) is 1.36. The molecule has 0 spiro atoms. The highest BCUT2D eigenvalue weighted by molar-refractivity contribution is 7.52. The maximum absolute atomic E-state index is 10.9. The number of hydrogen-bond donors (Lipinski definition) is 5. The summed E-state index contributed by atoms with van der Waals surface area (Å²) in [6, 6.07) is 0. The Morgan fingerprint density at radius 3 is 1.95 bits per heavy atom. The molecule has 0 aromatic heterocycles. The number of nitrogens with zero attached hydrogens (tertiary/aromatic N) is 1. The van der Waals surface area contributed by atoms with Crippen molar-refractivity contribution in [2.75, 3.05) is 46.0 Å². The van der Waals surface area contributed by atoms with Gasteiger partial charge in [0.25, 0.3) is 0 Å². The Balaban J connectivity index is 4.17. The Bertz CT molecular complexity index is 330. The average Bonchev–Trinajstić information content (AvgIpc) is 2.20. The summed E-state index contributed by atoms with van der Waals surface area (Å²) in [5.74, 6) is 0. The number of ether oxygens (including phenoxy) is 2. The van der Waals surface area contributed by atoms with Crippen molar-refractivity contribution >= 4 is 15.2 Å². The van der Waals surface area contributed by atoms with E-state index in [-0.39, 0.29) is 26.4 Å². The van der Waals surface area contributed by atoms with Crippen LogP contribution < -0.4 is 0 Å². The van der Waals surface area contributed by atoms with E-state index in [9.17, 15) is 14.2 Å². The molecular weight excluding hydrogens is 316 g/mol. The van der Waals surface area contributed by atoms with Crippen LogP contribution >= 0.6 is 15.2 Å². The molecule has 0 rings (SSSR count). The molecule has 0 saturated heterocycles. The normalized spacial score (nSPS) is 14.8. The van der Waals surface area contributed by atoms with E-state index in [1.54, 1.807) is 0 Å². The molecule has 0 fully saturated rings. The van der Waals surface area contributed by atoms with Crippen LogP contribution in [-0.4, -0.2) is 81.7 Å². The van der Waals surface area contributed by atoms with Gasteiger partial charge < -0.3 is 34.2 Å². The van der Waals surface area contributed by atoms with Gasteiger partial charge >= 0.3 is 15.2 Å². The van der Waals surface area contributed by atoms with Gasteiger partial charge in [0.05, 0.1) is 19.8 Å². The number of aliphatic hydroxyl groups excluding tert-OH is 1. The van der Waals surface area contributed by atoms with Crippen LogP contribution in [-0.2, 0) is 18.6 Å². The van der Waals surface area contributed by atoms with Gasteiger partial charge in [-0.2, -0.15) is 0 Å². The van der Waals surface area contributed by atoms with Gasteiger partial charge in [-0.05, 0) is 0 Å². The first-order valence-corrected chi connectivity index (χ1v) is 9.19. The van der Waals surface area contributed by atoms with Crippen molar-refractivity contribution in [3.05, 3.63) is 0 Å². The lowest BCUT2D eigenvalue weighted by Gasteiger charge is -2.23. The molecule has 0 radical (unpaired) electrons. The Kier molecular flexibility index (Phi) is 9.28. The minimum absolute atomic E-state index is 0.0409. The van der Waals surface area contributed by atoms with E-state index in [2.05, 4.69) is 4.74 Å². The van der Waals surface area contributed by atoms with Gasteiger partial charge in [0, 0.05) is 13.7 Å². The van der Waals surface area contributed by atoms with Crippen LogP contribution in [0.3, 0.4) is 0 Å². The van der Waals surface area contributed by atoms with E-state index in [0.29, 0.717) is 0 Å². The highest BCUT2D eigenvalue weighted by Gasteiger charge is 2.25. The highest BCUT2D eigenvalue weighted by atomic mass is 31.2. The van der Waals surface area contributed by atoms with Crippen LogP contribution in [0, 0.1) is 0 Å². The first kappa shape index (κ1) is 20.1. The summed E-state index contributed by atoms with van der Waals surface area (Å²) in [5, 5.41) is 9.27. The number of aliphatic hydroxyl groups is 1. The summed E-state index contributed by atoms with van der Waals surface area (Å²) >= 11 is 0. The molecular formula is C8H21NO9P2. The van der Waals surface area contributed by atoms with Gasteiger partial charge in [0.1, 0.15) is 18.7 Å². The van der Waals surface area contributed by atoms with Gasteiger partial charge in [-0.1, -0.05) is 0 Å². The number of rotatable bonds is 11. The van der Waals surface area contributed by atoms with Gasteiger partial charge in [-0.25, -0.2) is 0 Å². The standard InChI is InChI=1S/C8H21NO9P2/c1-17-4-8(10)5-18-3-2-9(6-19(11,12)13)7-20(14,15)16/h8,10H,2-7H2,1H3,(H2,11,12,13)(H2,14,15,16). The summed E-state index contributed by atoms with van der Waals surface area (Å²) in [7, 11) is -7.45. The van der Waals surface area contributed by atoms with Crippen molar-refractivity contribution in [2.45, 2.75) is 6.10 Å². The van der Waals surface area contributed by atoms with E-state index >= 15 is 0 Å². The lowest BCUT2D eigenvalue weighted by molar-refractivity contribution is -0.00954. The molecule has 0 aliphatic heterocycles. The molecule has 5 N–H and O–H groups in total. The summed E-state index contributed by atoms with van der Waals surface area (Å²) in [6.07, 6.45) is -2.39. The van der Waals surface area contributed by atoms with Crippen LogP contribution in [0.4, 0.5) is 0 Å². The molecule has 20 heavy (non-hydrogen) atoms. The quantitative estimate of drug-likeness (QED) is 0.224. The van der Waals surface area contributed by atoms with Crippen molar-refractivity contribution in [1.82, 2.24) is 4.90 Å². The largest absolute Gasteiger partial charge is 0.388 e. The first-order valence-electron chi connectivity index (χ1n) is 5.60. The van der Waals surface area contributed by atoms with Gasteiger partial charge in [0.2, 0.25) is 0 Å². The summed E-state index contributed by atoms with van der Waals surface area (Å²) in [4.78, 5) is 36.2. The highest BCUT2D eigenvalue weighted by Crippen LogP contribution is 2.40. The second-order valence-corrected chi connectivity index (χ2v) is 7.42. The van der Waals surface area contributed by atoms with Crippen LogP contribution in [0.15, 0.2) is 0 Å². The molecule has 0 aliphatic carbocycles. The van der Waals surface area contributed by atoms with Crippen molar-refractivity contribution in [1.29, 1.82) is 0 Å². The molecule has 10 nitrogen and oxygen atoms in total. The first-order chi connectivity index (χ1) is 9.03. The van der Waals surface area contributed by atoms with Crippen molar-refractivity contribution in [2.24, 2.45) is 0 Å². The smallest absolute Gasteiger partial charge is 0.339 e. The molecule has 0 aromatic rings. The molecule has 1 unspecified atom stereocenters. The topological polar surface area (TPSA) is 157 Å². The molecule has 0 bridgehead atoms. The van der Waals surface area contributed by atoms with Crippen LogP contribution in [0.1, 0.15) is 0 Å². The predicted molar refractivity (Wildman–Crippen MR) is 69.2 cm³/mol. The lowest BCUT2D eigenvalue weighted by Crippen LogP contribution is -2.31. The van der Waals surface area contributed by atoms with Crippen molar-refractivity contribution < 1.29 is 43.3 Å². The van der Waals surface area contributed by atoms with E-state index < -0.39 is 33.9 Å².